The van der Waals surface area contributed by atoms with E-state index in [0.29, 0.717) is 5.92 Å². The van der Waals surface area contributed by atoms with Crippen molar-refractivity contribution in [3.8, 4) is 0 Å². The molecular weight excluding hydrogens is 1470 g/mol. The molecule has 21 nitrogen and oxygen atoms in total. The second-order valence-electron chi connectivity index (χ2n) is 40.4. The van der Waals surface area contributed by atoms with Crippen molar-refractivity contribution in [3.05, 3.63) is 83.2 Å². The number of unbranched alkanes of at least 4 members (excludes halogenated alkanes) is 6. The lowest BCUT2D eigenvalue weighted by molar-refractivity contribution is 0.461. The molecule has 0 N–H and O–H groups in total. The van der Waals surface area contributed by atoms with E-state index in [0.717, 1.165) is 168 Å². The first kappa shape index (κ1) is 111. The molecule has 21 heteroatoms. The zero-order valence-corrected chi connectivity index (χ0v) is 82.7. The number of aromatic nitrogens is 21. The number of hydrogen-bond acceptors (Lipinski definition) is 14. The molecule has 7 heterocycles. The van der Waals surface area contributed by atoms with Crippen LogP contribution in [0, 0.1) is 82.9 Å². The third-order valence-electron chi connectivity index (χ3n) is 21.4. The predicted octanol–water partition coefficient (Wildman–Crippen LogP) is 25.9. The summed E-state index contributed by atoms with van der Waals surface area (Å²) in [4.78, 5) is 0. The van der Waals surface area contributed by atoms with Crippen LogP contribution in [-0.4, -0.2) is 105 Å². The molecule has 0 atom stereocenters. The Morgan fingerprint density at radius 1 is 0.160 bits per heavy atom. The Labute approximate surface area is 731 Å². The zero-order valence-electron chi connectivity index (χ0n) is 82.7. The maximum atomic E-state index is 4.18. The summed E-state index contributed by atoms with van der Waals surface area (Å²) in [5, 5.41) is 57.4. The van der Waals surface area contributed by atoms with Crippen LogP contribution in [0.2, 0.25) is 0 Å². The van der Waals surface area contributed by atoms with Crippen molar-refractivity contribution >= 4 is 0 Å². The summed E-state index contributed by atoms with van der Waals surface area (Å²) >= 11 is 0. The topological polar surface area (TPSA) is 215 Å². The number of hydrogen-bond donors (Lipinski definition) is 0. The Bertz CT molecular complexity index is 2970. The average Bonchev–Trinajstić information content (AvgIpc) is 1.37. The van der Waals surface area contributed by atoms with Crippen LogP contribution in [0.15, 0.2) is 43.4 Å². The van der Waals surface area contributed by atoms with Crippen molar-refractivity contribution in [3.63, 3.8) is 0 Å². The molecule has 0 unspecified atom stereocenters. The van der Waals surface area contributed by atoms with Crippen LogP contribution in [0.3, 0.4) is 0 Å². The number of rotatable bonds is 56. The minimum Gasteiger partial charge on any atom is -0.249 e. The van der Waals surface area contributed by atoms with Gasteiger partial charge in [0.15, 0.2) is 0 Å². The van der Waals surface area contributed by atoms with Crippen LogP contribution in [0.1, 0.15) is 414 Å². The Morgan fingerprint density at radius 2 is 0.345 bits per heavy atom. The fourth-order valence-corrected chi connectivity index (χ4v) is 13.7. The highest BCUT2D eigenvalue weighted by Gasteiger charge is 2.13. The summed E-state index contributed by atoms with van der Waals surface area (Å²) in [5.41, 5.74) is 9.07. The van der Waals surface area contributed by atoms with Gasteiger partial charge in [0.1, 0.15) is 0 Å². The van der Waals surface area contributed by atoms with E-state index < -0.39 is 0 Å². The molecule has 0 spiro atoms. The highest BCUT2D eigenvalue weighted by Crippen LogP contribution is 2.20. The average molecular weight is 1660 g/mol. The summed E-state index contributed by atoms with van der Waals surface area (Å²) in [6, 6.07) is 0. The van der Waals surface area contributed by atoms with Gasteiger partial charge in [0.05, 0.1) is 83.2 Å². The van der Waals surface area contributed by atoms with Crippen molar-refractivity contribution in [1.29, 1.82) is 0 Å². The van der Waals surface area contributed by atoms with Gasteiger partial charge in [-0.2, -0.15) is 0 Å². The van der Waals surface area contributed by atoms with Crippen molar-refractivity contribution < 1.29 is 0 Å². The zero-order chi connectivity index (χ0) is 88.7. The molecular formula is C98H189N21. The fraction of sp³-hybridized carbons (Fsp3) is 0.857. The lowest BCUT2D eigenvalue weighted by Gasteiger charge is -2.08. The molecule has 0 radical (unpaired) electrons. The number of nitrogens with zero attached hydrogens (tertiary/aromatic N) is 21. The van der Waals surface area contributed by atoms with E-state index in [9.17, 15) is 0 Å². The van der Waals surface area contributed by atoms with Crippen molar-refractivity contribution in [1.82, 2.24) is 105 Å². The molecule has 7 rings (SSSR count). The first-order chi connectivity index (χ1) is 56.6. The summed E-state index contributed by atoms with van der Waals surface area (Å²) in [6.45, 7) is 70.7. The second kappa shape index (κ2) is 69.4. The Kier molecular flexibility index (Phi) is 64.7. The van der Waals surface area contributed by atoms with Crippen molar-refractivity contribution in [2.45, 2.75) is 464 Å². The van der Waals surface area contributed by atoms with E-state index in [1.54, 1.807) is 0 Å². The summed E-state index contributed by atoms with van der Waals surface area (Å²) in [6.07, 6.45) is 56.7. The van der Waals surface area contributed by atoms with Crippen molar-refractivity contribution in [2.24, 2.45) is 82.9 Å². The molecule has 0 amide bonds. The van der Waals surface area contributed by atoms with Gasteiger partial charge in [0, 0.05) is 45.8 Å². The molecule has 686 valence electrons. The van der Waals surface area contributed by atoms with Gasteiger partial charge in [-0.15, -0.1) is 35.7 Å². The molecule has 0 aliphatic heterocycles. The largest absolute Gasteiger partial charge is 0.249 e. The Morgan fingerprint density at radius 3 is 0.605 bits per heavy atom. The van der Waals surface area contributed by atoms with E-state index in [2.05, 4.69) is 299 Å². The standard InChI is InChI=1S/7C14H27N3/c2*1-12(2)7-5-9-14-11-15-16-17(14)10-6-8-13(3)4;2*1-12(2)7-5-6-10-17-14(11-15-16-17)9-8-13(3)4;2*1-12(2)7-5-6-8-14-11-15-16-17(14)10-9-13(3)4;1-12(2)8-6-5-7-9-17-14(10-13(3)4)11-15-16-17/h7*11-13H,5-10H2,1-4H3. The summed E-state index contributed by atoms with van der Waals surface area (Å²) in [7, 11) is 0. The highest BCUT2D eigenvalue weighted by molar-refractivity contribution is 4.99. The normalized spacial score (nSPS) is 11.6. The van der Waals surface area contributed by atoms with E-state index in [4.69, 9.17) is 0 Å². The van der Waals surface area contributed by atoms with Gasteiger partial charge in [-0.1, -0.05) is 314 Å². The Hall–Kier alpha value is -6.02. The SMILES string of the molecule is CC(C)CCCCCn1nncc1CC(C)C.CC(C)CCCCc1cnnn1CCC(C)C.CC(C)CCCCc1cnnn1CCC(C)C.CC(C)CCCCn1nncc1CCC(C)C.CC(C)CCCCn1nncc1CCC(C)C.CC(C)CCCc1cnnn1CCCC(C)C.CC(C)CCCc1cnnn1CCCC(C)C. The van der Waals surface area contributed by atoms with Crippen LogP contribution in [-0.2, 0) is 90.8 Å². The first-order valence-corrected chi connectivity index (χ1v) is 48.8. The van der Waals surface area contributed by atoms with Crippen LogP contribution in [0.4, 0.5) is 0 Å². The lowest BCUT2D eigenvalue weighted by Crippen LogP contribution is -2.07. The molecule has 0 aromatic carbocycles. The molecule has 7 aromatic rings. The molecule has 0 aliphatic rings. The minimum atomic E-state index is 0.674. The van der Waals surface area contributed by atoms with Gasteiger partial charge in [-0.05, 0) is 224 Å². The van der Waals surface area contributed by atoms with Crippen LogP contribution in [0.25, 0.3) is 0 Å². The molecule has 119 heavy (non-hydrogen) atoms. The third-order valence-corrected chi connectivity index (χ3v) is 21.4. The molecule has 0 aliphatic carbocycles. The lowest BCUT2D eigenvalue weighted by atomic mass is 10.0. The van der Waals surface area contributed by atoms with Gasteiger partial charge in [0.25, 0.3) is 0 Å². The molecule has 0 bridgehead atoms. The maximum absolute atomic E-state index is 4.18. The van der Waals surface area contributed by atoms with Gasteiger partial charge < -0.3 is 0 Å². The van der Waals surface area contributed by atoms with Crippen molar-refractivity contribution in [2.75, 3.05) is 0 Å². The summed E-state index contributed by atoms with van der Waals surface area (Å²) in [5.74, 6) is 10.9. The van der Waals surface area contributed by atoms with Gasteiger partial charge in [-0.25, -0.2) is 32.8 Å². The summed E-state index contributed by atoms with van der Waals surface area (Å²) < 4.78 is 14.6. The molecule has 0 saturated carbocycles. The van der Waals surface area contributed by atoms with Gasteiger partial charge in [0.2, 0.25) is 0 Å². The number of aryl methyl sites for hydroxylation is 13. The fourth-order valence-electron chi connectivity index (χ4n) is 13.7. The van der Waals surface area contributed by atoms with E-state index in [1.165, 1.54) is 220 Å². The van der Waals surface area contributed by atoms with Crippen LogP contribution >= 0.6 is 0 Å². The van der Waals surface area contributed by atoms with Gasteiger partial charge >= 0.3 is 0 Å². The van der Waals surface area contributed by atoms with Gasteiger partial charge in [-0.3, -0.25) is 0 Å². The minimum absolute atomic E-state index is 0.674. The first-order valence-electron chi connectivity index (χ1n) is 48.8. The smallest absolute Gasteiger partial charge is 0.0725 e. The van der Waals surface area contributed by atoms with Crippen LogP contribution < -0.4 is 0 Å². The second-order valence-corrected chi connectivity index (χ2v) is 40.4. The highest BCUT2D eigenvalue weighted by atomic mass is 15.5. The third kappa shape index (κ3) is 61.9. The maximum Gasteiger partial charge on any atom is 0.0725 e. The van der Waals surface area contributed by atoms with E-state index in [-0.39, 0.29) is 0 Å². The van der Waals surface area contributed by atoms with Crippen LogP contribution in [0.5, 0.6) is 0 Å². The molecule has 0 saturated heterocycles. The van der Waals surface area contributed by atoms with E-state index >= 15 is 0 Å². The predicted molar refractivity (Wildman–Crippen MR) is 503 cm³/mol. The molecule has 7 aromatic heterocycles. The monoisotopic (exact) mass is 1660 g/mol. The molecule has 0 fully saturated rings. The van der Waals surface area contributed by atoms with E-state index in [1.807, 2.05) is 43.4 Å². The quantitative estimate of drug-likeness (QED) is 0.0324. The Balaban J connectivity index is 0.000000694.